The SMILES string of the molecule is O=C(O)C(c1ccc(Br)cc1)C1CCCC1. The van der Waals surface area contributed by atoms with Crippen LogP contribution in [0.1, 0.15) is 37.2 Å². The maximum Gasteiger partial charge on any atom is 0.311 e. The third kappa shape index (κ3) is 2.46. The van der Waals surface area contributed by atoms with Gasteiger partial charge in [-0.3, -0.25) is 4.79 Å². The first-order chi connectivity index (χ1) is 7.68. The van der Waals surface area contributed by atoms with Crippen LogP contribution in [0.25, 0.3) is 0 Å². The van der Waals surface area contributed by atoms with E-state index in [0.717, 1.165) is 22.9 Å². The number of hydrogen-bond acceptors (Lipinski definition) is 1. The Hall–Kier alpha value is -0.830. The minimum atomic E-state index is -0.686. The van der Waals surface area contributed by atoms with Crippen LogP contribution >= 0.6 is 15.9 Å². The summed E-state index contributed by atoms with van der Waals surface area (Å²) >= 11 is 3.37. The van der Waals surface area contributed by atoms with Gasteiger partial charge in [0.1, 0.15) is 0 Å². The minimum Gasteiger partial charge on any atom is -0.481 e. The Morgan fingerprint density at radius 1 is 1.25 bits per heavy atom. The maximum absolute atomic E-state index is 11.4. The van der Waals surface area contributed by atoms with Gasteiger partial charge in [-0.25, -0.2) is 0 Å². The lowest BCUT2D eigenvalue weighted by molar-refractivity contribution is -0.140. The van der Waals surface area contributed by atoms with E-state index in [0.29, 0.717) is 5.92 Å². The molecule has 0 heterocycles. The molecule has 2 rings (SSSR count). The topological polar surface area (TPSA) is 37.3 Å². The van der Waals surface area contributed by atoms with E-state index < -0.39 is 5.97 Å². The van der Waals surface area contributed by atoms with Crippen molar-refractivity contribution in [2.45, 2.75) is 31.6 Å². The Bertz CT molecular complexity index is 366. The second-order valence-corrected chi connectivity index (χ2v) is 5.33. The molecule has 0 aliphatic heterocycles. The average Bonchev–Trinajstić information content (AvgIpc) is 2.74. The van der Waals surface area contributed by atoms with Gasteiger partial charge in [-0.05, 0) is 36.5 Å². The first kappa shape index (κ1) is 11.6. The van der Waals surface area contributed by atoms with E-state index in [-0.39, 0.29) is 5.92 Å². The third-order valence-corrected chi connectivity index (χ3v) is 3.90. The summed E-state index contributed by atoms with van der Waals surface area (Å²) in [5.41, 5.74) is 0.933. The number of hydrogen-bond donors (Lipinski definition) is 1. The highest BCUT2D eigenvalue weighted by atomic mass is 79.9. The van der Waals surface area contributed by atoms with Gasteiger partial charge in [0.2, 0.25) is 0 Å². The summed E-state index contributed by atoms with van der Waals surface area (Å²) in [6, 6.07) is 7.67. The molecule has 1 unspecified atom stereocenters. The maximum atomic E-state index is 11.4. The summed E-state index contributed by atoms with van der Waals surface area (Å²) in [6.07, 6.45) is 4.44. The summed E-state index contributed by atoms with van der Waals surface area (Å²) in [4.78, 5) is 11.4. The molecule has 1 N–H and O–H groups in total. The number of rotatable bonds is 3. The van der Waals surface area contributed by atoms with E-state index in [9.17, 15) is 9.90 Å². The van der Waals surface area contributed by atoms with Crippen molar-refractivity contribution in [3.63, 3.8) is 0 Å². The Balaban J connectivity index is 2.24. The van der Waals surface area contributed by atoms with E-state index in [2.05, 4.69) is 15.9 Å². The van der Waals surface area contributed by atoms with Crippen molar-refractivity contribution in [3.8, 4) is 0 Å². The van der Waals surface area contributed by atoms with Crippen LogP contribution in [0, 0.1) is 5.92 Å². The van der Waals surface area contributed by atoms with Crippen molar-refractivity contribution < 1.29 is 9.90 Å². The second kappa shape index (κ2) is 5.00. The molecule has 0 aromatic heterocycles. The number of carbonyl (C=O) groups is 1. The standard InChI is InChI=1S/C13H15BrO2/c14-11-7-5-10(6-8-11)12(13(15)16)9-3-1-2-4-9/h5-9,12H,1-4H2,(H,15,16). The number of aliphatic carboxylic acids is 1. The minimum absolute atomic E-state index is 0.318. The molecule has 1 aliphatic carbocycles. The van der Waals surface area contributed by atoms with Crippen LogP contribution < -0.4 is 0 Å². The largest absolute Gasteiger partial charge is 0.481 e. The van der Waals surface area contributed by atoms with Gasteiger partial charge in [0.25, 0.3) is 0 Å². The molecule has 0 bridgehead atoms. The summed E-state index contributed by atoms with van der Waals surface area (Å²) in [6.45, 7) is 0. The van der Waals surface area contributed by atoms with Gasteiger partial charge in [0.05, 0.1) is 5.92 Å². The van der Waals surface area contributed by atoms with Gasteiger partial charge in [0, 0.05) is 4.47 Å². The fourth-order valence-corrected chi connectivity index (χ4v) is 2.84. The van der Waals surface area contributed by atoms with Gasteiger partial charge in [-0.1, -0.05) is 40.9 Å². The first-order valence-corrected chi connectivity index (χ1v) is 6.46. The predicted octanol–water partition coefficient (Wildman–Crippen LogP) is 3.81. The van der Waals surface area contributed by atoms with Crippen LogP contribution in [0.2, 0.25) is 0 Å². The smallest absolute Gasteiger partial charge is 0.311 e. The zero-order valence-electron chi connectivity index (χ0n) is 9.03. The Kier molecular flexibility index (Phi) is 3.64. The van der Waals surface area contributed by atoms with E-state index in [1.807, 2.05) is 24.3 Å². The Morgan fingerprint density at radius 3 is 2.31 bits per heavy atom. The monoisotopic (exact) mass is 282 g/mol. The lowest BCUT2D eigenvalue weighted by Crippen LogP contribution is -2.19. The summed E-state index contributed by atoms with van der Waals surface area (Å²) in [5, 5.41) is 9.34. The van der Waals surface area contributed by atoms with Gasteiger partial charge in [0.15, 0.2) is 0 Å². The molecule has 1 aromatic carbocycles. The van der Waals surface area contributed by atoms with Crippen LogP contribution in [-0.4, -0.2) is 11.1 Å². The Morgan fingerprint density at radius 2 is 1.81 bits per heavy atom. The lowest BCUT2D eigenvalue weighted by atomic mass is 9.85. The van der Waals surface area contributed by atoms with Gasteiger partial charge < -0.3 is 5.11 Å². The molecule has 86 valence electrons. The zero-order chi connectivity index (χ0) is 11.5. The highest BCUT2D eigenvalue weighted by Gasteiger charge is 2.31. The summed E-state index contributed by atoms with van der Waals surface area (Å²) < 4.78 is 0.992. The molecule has 1 atom stereocenters. The van der Waals surface area contributed by atoms with Crippen molar-refractivity contribution in [2.24, 2.45) is 5.92 Å². The normalized spacial score (nSPS) is 18.6. The summed E-state index contributed by atoms with van der Waals surface area (Å²) in [7, 11) is 0. The third-order valence-electron chi connectivity index (χ3n) is 3.37. The molecule has 1 aliphatic rings. The quantitative estimate of drug-likeness (QED) is 0.916. The highest BCUT2D eigenvalue weighted by molar-refractivity contribution is 9.10. The van der Waals surface area contributed by atoms with Gasteiger partial charge >= 0.3 is 5.97 Å². The van der Waals surface area contributed by atoms with Crippen LogP contribution in [-0.2, 0) is 4.79 Å². The zero-order valence-corrected chi connectivity index (χ0v) is 10.6. The number of carboxylic acids is 1. The lowest BCUT2D eigenvalue weighted by Gasteiger charge is -2.19. The predicted molar refractivity (Wildman–Crippen MR) is 66.5 cm³/mol. The van der Waals surface area contributed by atoms with E-state index >= 15 is 0 Å². The fourth-order valence-electron chi connectivity index (χ4n) is 2.58. The van der Waals surface area contributed by atoms with Crippen molar-refractivity contribution >= 4 is 21.9 Å². The van der Waals surface area contributed by atoms with Crippen molar-refractivity contribution in [1.82, 2.24) is 0 Å². The van der Waals surface area contributed by atoms with Crippen molar-refractivity contribution in [2.75, 3.05) is 0 Å². The number of benzene rings is 1. The molecule has 0 spiro atoms. The molecule has 1 saturated carbocycles. The van der Waals surface area contributed by atoms with Crippen molar-refractivity contribution in [3.05, 3.63) is 34.3 Å². The second-order valence-electron chi connectivity index (χ2n) is 4.41. The molecule has 3 heteroatoms. The number of carboxylic acid groups (broad SMARTS) is 1. The van der Waals surface area contributed by atoms with Crippen LogP contribution in [0.15, 0.2) is 28.7 Å². The molecule has 0 radical (unpaired) electrons. The van der Waals surface area contributed by atoms with Gasteiger partial charge in [-0.2, -0.15) is 0 Å². The average molecular weight is 283 g/mol. The fraction of sp³-hybridized carbons (Fsp3) is 0.462. The van der Waals surface area contributed by atoms with Gasteiger partial charge in [-0.15, -0.1) is 0 Å². The first-order valence-electron chi connectivity index (χ1n) is 5.67. The molecular formula is C13H15BrO2. The molecular weight excluding hydrogens is 268 g/mol. The Labute approximate surface area is 104 Å². The summed E-state index contributed by atoms with van der Waals surface area (Å²) in [5.74, 6) is -0.691. The van der Waals surface area contributed by atoms with E-state index in [4.69, 9.17) is 0 Å². The molecule has 1 fully saturated rings. The molecule has 1 aromatic rings. The van der Waals surface area contributed by atoms with E-state index in [1.165, 1.54) is 12.8 Å². The molecule has 2 nitrogen and oxygen atoms in total. The molecule has 16 heavy (non-hydrogen) atoms. The number of halogens is 1. The van der Waals surface area contributed by atoms with Crippen LogP contribution in [0.5, 0.6) is 0 Å². The van der Waals surface area contributed by atoms with Crippen LogP contribution in [0.4, 0.5) is 0 Å². The van der Waals surface area contributed by atoms with Crippen LogP contribution in [0.3, 0.4) is 0 Å². The molecule has 0 saturated heterocycles. The molecule has 0 amide bonds. The highest BCUT2D eigenvalue weighted by Crippen LogP contribution is 2.37. The van der Waals surface area contributed by atoms with E-state index in [1.54, 1.807) is 0 Å². The van der Waals surface area contributed by atoms with Crippen molar-refractivity contribution in [1.29, 1.82) is 0 Å².